The van der Waals surface area contributed by atoms with Gasteiger partial charge in [0.1, 0.15) is 5.65 Å². The number of aromatic carboxylic acids is 1. The lowest BCUT2D eigenvalue weighted by atomic mass is 10.2. The Morgan fingerprint density at radius 3 is 2.78 bits per heavy atom. The van der Waals surface area contributed by atoms with Crippen LogP contribution in [-0.2, 0) is 6.54 Å². The van der Waals surface area contributed by atoms with Crippen molar-refractivity contribution in [3.05, 3.63) is 64.3 Å². The molecular weight excluding hydrogens is 294 g/mol. The molecule has 3 aromatic heterocycles. The Hall–Kier alpha value is -2.89. The fourth-order valence-corrected chi connectivity index (χ4v) is 3.05. The van der Waals surface area contributed by atoms with Crippen molar-refractivity contribution in [1.29, 1.82) is 0 Å². The minimum absolute atomic E-state index is 0.0834. The number of fused-ring (bicyclic) bond motifs is 1. The minimum Gasteiger partial charge on any atom is -0.478 e. The molecule has 0 aliphatic rings. The quantitative estimate of drug-likeness (QED) is 0.803. The molecule has 0 aliphatic heterocycles. The van der Waals surface area contributed by atoms with E-state index in [0.717, 1.165) is 0 Å². The lowest BCUT2D eigenvalue weighted by Gasteiger charge is -2.18. The number of hydrogen-bond donors (Lipinski definition) is 1. The fraction of sp³-hybridized carbons (Fsp3) is 0.235. The van der Waals surface area contributed by atoms with Crippen LogP contribution >= 0.6 is 0 Å². The van der Waals surface area contributed by atoms with Gasteiger partial charge in [0.15, 0.2) is 0 Å². The van der Waals surface area contributed by atoms with Crippen molar-refractivity contribution in [1.82, 2.24) is 14.1 Å². The number of carbonyl (C=O) groups is 1. The smallest absolute Gasteiger partial charge is 0.338 e. The molecule has 1 atom stereocenters. The van der Waals surface area contributed by atoms with Gasteiger partial charge in [0, 0.05) is 36.1 Å². The van der Waals surface area contributed by atoms with E-state index in [1.165, 1.54) is 6.07 Å². The average Bonchev–Trinajstić information content (AvgIpc) is 2.81. The average molecular weight is 311 g/mol. The highest BCUT2D eigenvalue weighted by Gasteiger charge is 2.22. The second kappa shape index (κ2) is 5.72. The molecule has 3 aromatic rings. The maximum atomic E-state index is 11.9. The highest BCUT2D eigenvalue weighted by atomic mass is 16.4. The Kier molecular flexibility index (Phi) is 3.73. The van der Waals surface area contributed by atoms with Crippen LogP contribution in [0, 0.1) is 6.92 Å². The zero-order valence-electron chi connectivity index (χ0n) is 12.9. The molecule has 0 aromatic carbocycles. The number of rotatable bonds is 4. The normalized spacial score (nSPS) is 12.4. The maximum absolute atomic E-state index is 11.9. The Balaban J connectivity index is 2.13. The Morgan fingerprint density at radius 1 is 1.30 bits per heavy atom. The van der Waals surface area contributed by atoms with E-state index in [1.54, 1.807) is 48.1 Å². The van der Waals surface area contributed by atoms with E-state index in [1.807, 2.05) is 11.5 Å². The molecule has 0 bridgehead atoms. The third-order valence-corrected chi connectivity index (χ3v) is 4.02. The summed E-state index contributed by atoms with van der Waals surface area (Å²) in [7, 11) is 0. The first kappa shape index (κ1) is 15.0. The van der Waals surface area contributed by atoms with E-state index >= 15 is 0 Å². The van der Waals surface area contributed by atoms with Crippen LogP contribution in [0.2, 0.25) is 0 Å². The molecule has 1 unspecified atom stereocenters. The van der Waals surface area contributed by atoms with Crippen LogP contribution < -0.4 is 5.56 Å². The van der Waals surface area contributed by atoms with Crippen LogP contribution in [0.1, 0.15) is 29.0 Å². The first-order chi connectivity index (χ1) is 11.0. The number of pyridine rings is 2. The van der Waals surface area contributed by atoms with Crippen LogP contribution in [0.3, 0.4) is 0 Å². The van der Waals surface area contributed by atoms with Gasteiger partial charge in [-0.25, -0.2) is 9.78 Å². The molecule has 0 spiro atoms. The van der Waals surface area contributed by atoms with Gasteiger partial charge in [-0.15, -0.1) is 0 Å². The number of aromatic nitrogens is 3. The number of hydrogen-bond acceptors (Lipinski definition) is 3. The van der Waals surface area contributed by atoms with Crippen molar-refractivity contribution in [3.63, 3.8) is 0 Å². The van der Waals surface area contributed by atoms with Gasteiger partial charge in [-0.1, -0.05) is 6.07 Å². The number of nitrogens with zero attached hydrogens (tertiary/aromatic N) is 3. The molecule has 0 aliphatic carbocycles. The van der Waals surface area contributed by atoms with Crippen molar-refractivity contribution in [2.24, 2.45) is 0 Å². The van der Waals surface area contributed by atoms with Gasteiger partial charge >= 0.3 is 5.97 Å². The van der Waals surface area contributed by atoms with Crippen LogP contribution in [0.25, 0.3) is 11.0 Å². The summed E-state index contributed by atoms with van der Waals surface area (Å²) in [6.07, 6.45) is 3.37. The van der Waals surface area contributed by atoms with Crippen molar-refractivity contribution >= 4 is 17.0 Å². The van der Waals surface area contributed by atoms with E-state index in [2.05, 4.69) is 4.98 Å². The summed E-state index contributed by atoms with van der Waals surface area (Å²) in [4.78, 5) is 27.8. The summed E-state index contributed by atoms with van der Waals surface area (Å²) in [5, 5.41) is 10.1. The van der Waals surface area contributed by atoms with Crippen LogP contribution in [0.5, 0.6) is 0 Å². The summed E-state index contributed by atoms with van der Waals surface area (Å²) < 4.78 is 3.50. The molecule has 0 amide bonds. The van der Waals surface area contributed by atoms with Crippen LogP contribution in [-0.4, -0.2) is 25.2 Å². The zero-order chi connectivity index (χ0) is 16.6. The van der Waals surface area contributed by atoms with Gasteiger partial charge in [-0.05, 0) is 32.0 Å². The third-order valence-electron chi connectivity index (χ3n) is 4.02. The van der Waals surface area contributed by atoms with E-state index in [4.69, 9.17) is 0 Å². The molecule has 118 valence electrons. The van der Waals surface area contributed by atoms with Gasteiger partial charge in [0.2, 0.25) is 0 Å². The highest BCUT2D eigenvalue weighted by Crippen LogP contribution is 2.28. The standard InChI is InChI=1S/C17H17N3O3/c1-11(10-19-9-4-3-7-14(19)21)20-12(2)15(17(22)23)13-6-5-8-18-16(13)20/h3-9,11H,10H2,1-2H3,(H,22,23). The lowest BCUT2D eigenvalue weighted by molar-refractivity contribution is 0.0698. The topological polar surface area (TPSA) is 77.1 Å². The van der Waals surface area contributed by atoms with Gasteiger partial charge in [0.25, 0.3) is 5.56 Å². The second-order valence-corrected chi connectivity index (χ2v) is 5.55. The predicted octanol–water partition coefficient (Wildman–Crippen LogP) is 2.47. The van der Waals surface area contributed by atoms with Crippen molar-refractivity contribution < 1.29 is 9.90 Å². The van der Waals surface area contributed by atoms with Gasteiger partial charge in [0.05, 0.1) is 11.6 Å². The predicted molar refractivity (Wildman–Crippen MR) is 86.8 cm³/mol. The minimum atomic E-state index is -0.969. The zero-order valence-corrected chi connectivity index (χ0v) is 12.9. The summed E-state index contributed by atoms with van der Waals surface area (Å²) in [5.74, 6) is -0.969. The molecule has 1 N–H and O–H groups in total. The van der Waals surface area contributed by atoms with Crippen molar-refractivity contribution in [2.75, 3.05) is 0 Å². The van der Waals surface area contributed by atoms with Gasteiger partial charge in [-0.3, -0.25) is 4.79 Å². The van der Waals surface area contributed by atoms with E-state index < -0.39 is 5.97 Å². The summed E-state index contributed by atoms with van der Waals surface area (Å²) >= 11 is 0. The maximum Gasteiger partial charge on any atom is 0.338 e. The van der Waals surface area contributed by atoms with E-state index in [9.17, 15) is 14.7 Å². The Bertz CT molecular complexity index is 940. The molecule has 6 nitrogen and oxygen atoms in total. The lowest BCUT2D eigenvalue weighted by Crippen LogP contribution is -2.23. The molecule has 23 heavy (non-hydrogen) atoms. The summed E-state index contributed by atoms with van der Waals surface area (Å²) in [6, 6.07) is 8.38. The SMILES string of the molecule is Cc1c(C(=O)O)c2cccnc2n1C(C)Cn1ccccc1=O. The first-order valence-corrected chi connectivity index (χ1v) is 7.35. The molecular formula is C17H17N3O3. The van der Waals surface area contributed by atoms with Crippen molar-refractivity contribution in [3.8, 4) is 0 Å². The van der Waals surface area contributed by atoms with Crippen molar-refractivity contribution in [2.45, 2.75) is 26.4 Å². The molecule has 0 fully saturated rings. The third kappa shape index (κ3) is 2.52. The monoisotopic (exact) mass is 311 g/mol. The Morgan fingerprint density at radius 2 is 2.09 bits per heavy atom. The molecule has 3 heterocycles. The molecule has 0 saturated heterocycles. The van der Waals surface area contributed by atoms with Crippen LogP contribution in [0.15, 0.2) is 47.5 Å². The van der Waals surface area contributed by atoms with E-state index in [0.29, 0.717) is 23.3 Å². The number of carboxylic acid groups (broad SMARTS) is 1. The van der Waals surface area contributed by atoms with Gasteiger partial charge in [-0.2, -0.15) is 0 Å². The molecule has 0 radical (unpaired) electrons. The first-order valence-electron chi connectivity index (χ1n) is 7.35. The van der Waals surface area contributed by atoms with E-state index in [-0.39, 0.29) is 17.2 Å². The largest absolute Gasteiger partial charge is 0.478 e. The highest BCUT2D eigenvalue weighted by molar-refractivity contribution is 6.04. The summed E-state index contributed by atoms with van der Waals surface area (Å²) in [5.41, 5.74) is 1.45. The van der Waals surface area contributed by atoms with Crippen LogP contribution in [0.4, 0.5) is 0 Å². The molecule has 6 heteroatoms. The Labute approximate surface area is 132 Å². The summed E-state index contributed by atoms with van der Waals surface area (Å²) in [6.45, 7) is 4.17. The second-order valence-electron chi connectivity index (χ2n) is 5.55. The molecule has 3 rings (SSSR count). The van der Waals surface area contributed by atoms with Gasteiger partial charge < -0.3 is 14.2 Å². The number of carboxylic acids is 1. The fourth-order valence-electron chi connectivity index (χ4n) is 3.05. The molecule has 0 saturated carbocycles.